The molecule has 2 amide bonds. The fourth-order valence-electron chi connectivity index (χ4n) is 6.08. The number of imide groups is 1. The van der Waals surface area contributed by atoms with Crippen LogP contribution in [0.1, 0.15) is 44.1 Å². The summed E-state index contributed by atoms with van der Waals surface area (Å²) in [5.41, 5.74) is 2.74. The fraction of sp³-hybridized carbons (Fsp3) is 0.370. The second kappa shape index (κ2) is 8.45. The van der Waals surface area contributed by atoms with E-state index in [1.165, 1.54) is 23.1 Å². The Morgan fingerprint density at radius 2 is 1.77 bits per heavy atom. The predicted octanol–water partition coefficient (Wildman–Crippen LogP) is 2.69. The summed E-state index contributed by atoms with van der Waals surface area (Å²) in [6.07, 6.45) is 3.85. The van der Waals surface area contributed by atoms with Crippen LogP contribution in [0.3, 0.4) is 0 Å². The second-order valence-corrected chi connectivity index (χ2v) is 9.65. The Hall–Kier alpha value is -3.81. The van der Waals surface area contributed by atoms with Gasteiger partial charge in [0, 0.05) is 35.6 Å². The van der Waals surface area contributed by atoms with Crippen LogP contribution in [0.5, 0.6) is 5.75 Å². The number of fused-ring (bicyclic) bond motifs is 3. The molecule has 8 heteroatoms. The number of aromatic hydroxyl groups is 1. The van der Waals surface area contributed by atoms with Crippen LogP contribution in [0.15, 0.2) is 58.7 Å². The summed E-state index contributed by atoms with van der Waals surface area (Å²) in [5.74, 6) is -4.20. The Morgan fingerprint density at radius 3 is 2.46 bits per heavy atom. The number of carboxylic acid groups (broad SMARTS) is 1. The normalized spacial score (nSPS) is 27.9. The standard InChI is InChI=1S/C27H25NO7/c1-13-11-20(30)19-12-18-16(22(24(19)25(13)33)14-4-6-15(29)7-5-14)8-9-17-23(18)27(35)28(26(17)34)10-2-3-21(31)32/h4-8,11,17-18,22-23,29H,2-3,9-10,12H2,1H3,(H,31,32). The zero-order chi connectivity index (χ0) is 25.0. The molecular formula is C27H25NO7. The molecule has 3 aliphatic carbocycles. The maximum atomic E-state index is 13.4. The molecule has 4 aliphatic rings. The van der Waals surface area contributed by atoms with E-state index in [1.54, 1.807) is 19.1 Å². The van der Waals surface area contributed by atoms with Gasteiger partial charge in [0.15, 0.2) is 11.6 Å². The molecule has 35 heavy (non-hydrogen) atoms. The van der Waals surface area contributed by atoms with Crippen molar-refractivity contribution in [2.45, 2.75) is 38.5 Å². The van der Waals surface area contributed by atoms with Gasteiger partial charge in [-0.25, -0.2) is 0 Å². The number of Topliss-reactive ketones (excluding diaryl/α,β-unsaturated/α-hetero) is 1. The zero-order valence-electron chi connectivity index (χ0n) is 19.2. The van der Waals surface area contributed by atoms with E-state index in [4.69, 9.17) is 5.11 Å². The van der Waals surface area contributed by atoms with Crippen molar-refractivity contribution in [1.82, 2.24) is 4.90 Å². The van der Waals surface area contributed by atoms with Gasteiger partial charge in [0.25, 0.3) is 0 Å². The number of allylic oxidation sites excluding steroid dienone is 6. The maximum absolute atomic E-state index is 13.4. The minimum atomic E-state index is -0.988. The number of hydrogen-bond donors (Lipinski definition) is 2. The smallest absolute Gasteiger partial charge is 0.303 e. The quantitative estimate of drug-likeness (QED) is 0.381. The molecule has 2 N–H and O–H groups in total. The van der Waals surface area contributed by atoms with Crippen LogP contribution >= 0.6 is 0 Å². The number of ketones is 2. The second-order valence-electron chi connectivity index (χ2n) is 9.65. The number of likely N-dealkylation sites (tertiary alicyclic amines) is 1. The summed E-state index contributed by atoms with van der Waals surface area (Å²) in [6, 6.07) is 6.48. The molecule has 1 aliphatic heterocycles. The van der Waals surface area contributed by atoms with Crippen molar-refractivity contribution in [2.24, 2.45) is 17.8 Å². The first-order chi connectivity index (χ1) is 16.7. The minimum Gasteiger partial charge on any atom is -0.508 e. The summed E-state index contributed by atoms with van der Waals surface area (Å²) >= 11 is 0. The van der Waals surface area contributed by atoms with Crippen LogP contribution in [0.25, 0.3) is 0 Å². The Labute approximate surface area is 201 Å². The summed E-state index contributed by atoms with van der Waals surface area (Å²) in [4.78, 5) is 64.9. The number of nitrogens with zero attached hydrogens (tertiary/aromatic N) is 1. The van der Waals surface area contributed by atoms with Crippen molar-refractivity contribution >= 4 is 29.4 Å². The van der Waals surface area contributed by atoms with Crippen LogP contribution < -0.4 is 0 Å². The van der Waals surface area contributed by atoms with E-state index in [-0.39, 0.29) is 54.9 Å². The number of aliphatic carboxylic acids is 1. The molecule has 1 aromatic carbocycles. The Kier molecular flexibility index (Phi) is 5.54. The van der Waals surface area contributed by atoms with E-state index < -0.39 is 29.6 Å². The molecule has 8 nitrogen and oxygen atoms in total. The number of carbonyl (C=O) groups excluding carboxylic acids is 4. The van der Waals surface area contributed by atoms with Gasteiger partial charge in [0.05, 0.1) is 11.8 Å². The fourth-order valence-corrected chi connectivity index (χ4v) is 6.08. The third-order valence-electron chi connectivity index (χ3n) is 7.65. The Balaban J connectivity index is 1.57. The summed E-state index contributed by atoms with van der Waals surface area (Å²) < 4.78 is 0. The van der Waals surface area contributed by atoms with Crippen LogP contribution in [0, 0.1) is 17.8 Å². The molecule has 1 fully saturated rings. The van der Waals surface area contributed by atoms with Gasteiger partial charge in [0.2, 0.25) is 11.8 Å². The summed E-state index contributed by atoms with van der Waals surface area (Å²) in [5, 5.41) is 18.7. The highest BCUT2D eigenvalue weighted by atomic mass is 16.4. The number of hydrogen-bond acceptors (Lipinski definition) is 6. The average molecular weight is 475 g/mol. The molecular weight excluding hydrogens is 450 g/mol. The Bertz CT molecular complexity index is 1270. The van der Waals surface area contributed by atoms with Gasteiger partial charge in [-0.05, 0) is 55.9 Å². The molecule has 0 spiro atoms. The lowest BCUT2D eigenvalue weighted by atomic mass is 9.59. The lowest BCUT2D eigenvalue weighted by Crippen LogP contribution is -2.39. The number of rotatable bonds is 5. The van der Waals surface area contributed by atoms with Crippen molar-refractivity contribution in [3.63, 3.8) is 0 Å². The highest BCUT2D eigenvalue weighted by Crippen LogP contribution is 2.55. The highest BCUT2D eigenvalue weighted by molar-refractivity contribution is 6.23. The third kappa shape index (κ3) is 3.64. The van der Waals surface area contributed by atoms with E-state index in [9.17, 15) is 29.1 Å². The number of amides is 2. The molecule has 0 aromatic heterocycles. The number of phenolic OH excluding ortho intramolecular Hbond substituents is 1. The molecule has 1 saturated heterocycles. The van der Waals surface area contributed by atoms with Crippen molar-refractivity contribution in [3.8, 4) is 5.75 Å². The molecule has 1 aromatic rings. The number of phenols is 1. The first kappa shape index (κ1) is 23.0. The predicted molar refractivity (Wildman–Crippen MR) is 123 cm³/mol. The van der Waals surface area contributed by atoms with E-state index >= 15 is 0 Å². The first-order valence-electron chi connectivity index (χ1n) is 11.7. The molecule has 5 rings (SSSR count). The van der Waals surface area contributed by atoms with Gasteiger partial charge in [0.1, 0.15) is 5.75 Å². The van der Waals surface area contributed by atoms with Crippen LogP contribution in [-0.4, -0.2) is 51.0 Å². The lowest BCUT2D eigenvalue weighted by molar-refractivity contribution is -0.142. The third-order valence-corrected chi connectivity index (χ3v) is 7.65. The number of carbonyl (C=O) groups is 5. The number of carboxylic acids is 1. The minimum absolute atomic E-state index is 0.0493. The molecule has 0 bridgehead atoms. The van der Waals surface area contributed by atoms with Gasteiger partial charge in [-0.15, -0.1) is 0 Å². The maximum Gasteiger partial charge on any atom is 0.303 e. The van der Waals surface area contributed by atoms with Gasteiger partial charge in [-0.3, -0.25) is 28.9 Å². The van der Waals surface area contributed by atoms with Gasteiger partial charge in [-0.1, -0.05) is 23.8 Å². The van der Waals surface area contributed by atoms with E-state index in [0.29, 0.717) is 23.1 Å². The van der Waals surface area contributed by atoms with Gasteiger partial charge >= 0.3 is 5.97 Å². The van der Waals surface area contributed by atoms with Crippen molar-refractivity contribution in [2.75, 3.05) is 6.54 Å². The molecule has 0 saturated carbocycles. The molecule has 4 unspecified atom stereocenters. The monoisotopic (exact) mass is 475 g/mol. The topological polar surface area (TPSA) is 129 Å². The molecule has 1 heterocycles. The van der Waals surface area contributed by atoms with E-state index in [0.717, 1.165) is 11.1 Å². The Morgan fingerprint density at radius 1 is 1.06 bits per heavy atom. The van der Waals surface area contributed by atoms with Crippen LogP contribution in [0.2, 0.25) is 0 Å². The molecule has 4 atom stereocenters. The van der Waals surface area contributed by atoms with Crippen LogP contribution in [-0.2, 0) is 24.0 Å². The SMILES string of the molecule is CC1=CC(=O)C2=C(C1=O)C(c1ccc(O)cc1)C1=CCC3C(=O)N(CCCC(=O)O)C(=O)C3C1C2. The summed E-state index contributed by atoms with van der Waals surface area (Å²) in [6.45, 7) is 1.66. The van der Waals surface area contributed by atoms with Gasteiger partial charge < -0.3 is 10.2 Å². The first-order valence-corrected chi connectivity index (χ1v) is 11.7. The lowest BCUT2D eigenvalue weighted by Gasteiger charge is -2.42. The van der Waals surface area contributed by atoms with Crippen molar-refractivity contribution in [1.29, 1.82) is 0 Å². The molecule has 180 valence electrons. The molecule has 0 radical (unpaired) electrons. The summed E-state index contributed by atoms with van der Waals surface area (Å²) in [7, 11) is 0. The number of benzene rings is 1. The van der Waals surface area contributed by atoms with E-state index in [1.807, 2.05) is 6.08 Å². The van der Waals surface area contributed by atoms with Gasteiger partial charge in [-0.2, -0.15) is 0 Å². The average Bonchev–Trinajstić information content (AvgIpc) is 3.06. The zero-order valence-corrected chi connectivity index (χ0v) is 19.2. The largest absolute Gasteiger partial charge is 0.508 e. The highest BCUT2D eigenvalue weighted by Gasteiger charge is 2.56. The van der Waals surface area contributed by atoms with Crippen molar-refractivity contribution < 1.29 is 34.2 Å². The van der Waals surface area contributed by atoms with Crippen LogP contribution in [0.4, 0.5) is 0 Å². The van der Waals surface area contributed by atoms with Crippen molar-refractivity contribution in [3.05, 3.63) is 64.3 Å². The van der Waals surface area contributed by atoms with E-state index in [2.05, 4.69) is 0 Å².